The van der Waals surface area contributed by atoms with E-state index in [4.69, 9.17) is 5.11 Å². The fourth-order valence-corrected chi connectivity index (χ4v) is 1.80. The molecule has 0 aliphatic rings. The highest BCUT2D eigenvalue weighted by molar-refractivity contribution is 5.66. The molecule has 0 aliphatic carbocycles. The maximum absolute atomic E-state index is 12.6. The molecule has 0 aromatic carbocycles. The molecule has 0 atom stereocenters. The first kappa shape index (κ1) is 23.9. The van der Waals surface area contributed by atoms with Gasteiger partial charge in [-0.3, -0.25) is 4.79 Å². The standard InChI is InChI=1S/C13H10F3N3O2.C4H5F3O/c14-13(15,16)11-7-10(8-17-18-11)9-1-4-19(5-2-9)6-3-12(20)21;1-3(8-2)4(5,6)7/h1-2,4-5,7-8H,3,6H2;1H2,2H3/p+1. The predicted octanol–water partition coefficient (Wildman–Crippen LogP) is 3.63. The molecule has 0 fully saturated rings. The predicted molar refractivity (Wildman–Crippen MR) is 87.1 cm³/mol. The van der Waals surface area contributed by atoms with Gasteiger partial charge < -0.3 is 9.84 Å². The molecular formula is C17H16F6N3O3+. The molecule has 158 valence electrons. The van der Waals surface area contributed by atoms with E-state index in [-0.39, 0.29) is 13.0 Å². The number of carboxylic acids is 1. The van der Waals surface area contributed by atoms with Crippen LogP contribution in [0.2, 0.25) is 0 Å². The van der Waals surface area contributed by atoms with E-state index >= 15 is 0 Å². The van der Waals surface area contributed by atoms with Crippen LogP contribution in [0.5, 0.6) is 0 Å². The van der Waals surface area contributed by atoms with Gasteiger partial charge in [0.2, 0.25) is 0 Å². The number of hydrogen-bond donors (Lipinski definition) is 1. The molecule has 0 amide bonds. The molecule has 2 aromatic heterocycles. The molecule has 0 bridgehead atoms. The number of carboxylic acid groups (broad SMARTS) is 1. The Labute approximate surface area is 161 Å². The van der Waals surface area contributed by atoms with E-state index in [0.29, 0.717) is 11.1 Å². The van der Waals surface area contributed by atoms with Crippen LogP contribution in [0.4, 0.5) is 26.3 Å². The highest BCUT2D eigenvalue weighted by Gasteiger charge is 2.33. The zero-order valence-corrected chi connectivity index (χ0v) is 15.0. The highest BCUT2D eigenvalue weighted by atomic mass is 19.4. The maximum atomic E-state index is 12.6. The number of aliphatic carboxylic acids is 1. The zero-order chi connectivity index (χ0) is 22.2. The molecule has 0 spiro atoms. The number of ether oxygens (including phenoxy) is 1. The highest BCUT2D eigenvalue weighted by Crippen LogP contribution is 2.29. The van der Waals surface area contributed by atoms with Crippen molar-refractivity contribution in [2.24, 2.45) is 0 Å². The molecule has 2 rings (SSSR count). The third-order valence-electron chi connectivity index (χ3n) is 3.32. The van der Waals surface area contributed by atoms with Gasteiger partial charge in [0.1, 0.15) is 6.42 Å². The normalized spacial score (nSPS) is 11.3. The van der Waals surface area contributed by atoms with Crippen molar-refractivity contribution in [2.75, 3.05) is 7.11 Å². The lowest BCUT2D eigenvalue weighted by atomic mass is 10.1. The topological polar surface area (TPSA) is 76.2 Å². The smallest absolute Gasteiger partial charge is 0.448 e. The Morgan fingerprint density at radius 1 is 1.17 bits per heavy atom. The minimum absolute atomic E-state index is 0.0287. The second-order valence-corrected chi connectivity index (χ2v) is 5.42. The summed E-state index contributed by atoms with van der Waals surface area (Å²) in [4.78, 5) is 10.5. The number of rotatable bonds is 5. The summed E-state index contributed by atoms with van der Waals surface area (Å²) in [5, 5.41) is 15.0. The van der Waals surface area contributed by atoms with E-state index in [1.807, 2.05) is 0 Å². The summed E-state index contributed by atoms with van der Waals surface area (Å²) in [6.07, 6.45) is -4.53. The van der Waals surface area contributed by atoms with Gasteiger partial charge in [0.05, 0.1) is 13.3 Å². The number of hydrogen-bond acceptors (Lipinski definition) is 4. The fourth-order valence-electron chi connectivity index (χ4n) is 1.80. The number of alkyl halides is 6. The summed E-state index contributed by atoms with van der Waals surface area (Å²) in [6, 6.07) is 4.11. The van der Waals surface area contributed by atoms with E-state index < -0.39 is 29.8 Å². The Bertz CT molecular complexity index is 836. The Hall–Kier alpha value is -3.18. The first-order chi connectivity index (χ1) is 13.3. The van der Waals surface area contributed by atoms with Crippen LogP contribution < -0.4 is 4.57 Å². The lowest BCUT2D eigenvalue weighted by Crippen LogP contribution is -2.33. The molecule has 0 saturated carbocycles. The second kappa shape index (κ2) is 9.85. The molecule has 0 unspecified atom stereocenters. The molecule has 0 radical (unpaired) electrons. The van der Waals surface area contributed by atoms with E-state index in [2.05, 4.69) is 21.5 Å². The van der Waals surface area contributed by atoms with Crippen LogP contribution in [0.3, 0.4) is 0 Å². The summed E-state index contributed by atoms with van der Waals surface area (Å²) < 4.78 is 76.8. The lowest BCUT2D eigenvalue weighted by molar-refractivity contribution is -0.695. The fraction of sp³-hybridized carbons (Fsp3) is 0.294. The summed E-state index contributed by atoms with van der Waals surface area (Å²) in [5.74, 6) is -2.09. The summed E-state index contributed by atoms with van der Waals surface area (Å²) >= 11 is 0. The van der Waals surface area contributed by atoms with Gasteiger partial charge in [0.15, 0.2) is 30.4 Å². The molecule has 12 heteroatoms. The average Bonchev–Trinajstić information content (AvgIpc) is 2.65. The number of aryl methyl sites for hydroxylation is 1. The Balaban J connectivity index is 0.000000447. The Morgan fingerprint density at radius 2 is 1.76 bits per heavy atom. The minimum Gasteiger partial charge on any atom is -0.493 e. The number of pyridine rings is 1. The van der Waals surface area contributed by atoms with Crippen molar-refractivity contribution >= 4 is 5.97 Å². The van der Waals surface area contributed by atoms with Gasteiger partial charge in [-0.15, -0.1) is 5.10 Å². The van der Waals surface area contributed by atoms with E-state index in [1.165, 1.54) is 6.20 Å². The number of carbonyl (C=O) groups is 1. The van der Waals surface area contributed by atoms with Crippen LogP contribution in [0.15, 0.2) is 49.1 Å². The molecule has 0 saturated heterocycles. The number of aromatic nitrogens is 3. The molecular weight excluding hydrogens is 408 g/mol. The van der Waals surface area contributed by atoms with Crippen LogP contribution in [0.1, 0.15) is 12.1 Å². The third kappa shape index (κ3) is 8.15. The SMILES string of the molecule is C=C(OC)C(F)(F)F.O=C(O)CC[n+]1ccc(-c2cnnc(C(F)(F)F)c2)cc1. The maximum Gasteiger partial charge on any atom is 0.448 e. The van der Waals surface area contributed by atoms with Gasteiger partial charge in [0.25, 0.3) is 0 Å². The van der Waals surface area contributed by atoms with Crippen molar-refractivity contribution < 1.29 is 45.5 Å². The van der Waals surface area contributed by atoms with Crippen LogP contribution in [-0.4, -0.2) is 34.6 Å². The number of halogens is 6. The van der Waals surface area contributed by atoms with E-state index in [1.54, 1.807) is 29.1 Å². The van der Waals surface area contributed by atoms with Crippen LogP contribution in [0, 0.1) is 0 Å². The van der Waals surface area contributed by atoms with Gasteiger partial charge in [-0.05, 0) is 11.6 Å². The molecule has 0 aliphatic heterocycles. The van der Waals surface area contributed by atoms with Gasteiger partial charge in [-0.25, -0.2) is 4.57 Å². The minimum atomic E-state index is -4.54. The first-order valence-corrected chi connectivity index (χ1v) is 7.76. The van der Waals surface area contributed by atoms with Crippen molar-refractivity contribution in [3.63, 3.8) is 0 Å². The largest absolute Gasteiger partial charge is 0.493 e. The second-order valence-electron chi connectivity index (χ2n) is 5.42. The van der Waals surface area contributed by atoms with Crippen LogP contribution >= 0.6 is 0 Å². The Morgan fingerprint density at radius 3 is 2.17 bits per heavy atom. The van der Waals surface area contributed by atoms with Crippen LogP contribution in [0.25, 0.3) is 11.1 Å². The molecule has 1 N–H and O–H groups in total. The Kier molecular flexibility index (Phi) is 8.10. The summed E-state index contributed by atoms with van der Waals surface area (Å²) in [6.45, 7) is 2.89. The van der Waals surface area contributed by atoms with Crippen molar-refractivity contribution in [2.45, 2.75) is 25.3 Å². The van der Waals surface area contributed by atoms with Crippen molar-refractivity contribution in [1.82, 2.24) is 10.2 Å². The third-order valence-corrected chi connectivity index (χ3v) is 3.32. The molecule has 2 heterocycles. The molecule has 29 heavy (non-hydrogen) atoms. The zero-order valence-electron chi connectivity index (χ0n) is 15.0. The number of nitrogens with zero attached hydrogens (tertiary/aromatic N) is 3. The van der Waals surface area contributed by atoms with E-state index in [9.17, 15) is 31.1 Å². The quantitative estimate of drug-likeness (QED) is 0.451. The lowest BCUT2D eigenvalue weighted by Gasteiger charge is -2.06. The summed E-state index contributed by atoms with van der Waals surface area (Å²) in [7, 11) is 0.926. The first-order valence-electron chi connectivity index (χ1n) is 7.76. The van der Waals surface area contributed by atoms with Crippen molar-refractivity contribution in [3.05, 3.63) is 54.8 Å². The molecule has 2 aromatic rings. The van der Waals surface area contributed by atoms with E-state index in [0.717, 1.165) is 13.2 Å². The number of methoxy groups -OCH3 is 1. The van der Waals surface area contributed by atoms with Gasteiger partial charge in [0, 0.05) is 17.7 Å². The van der Waals surface area contributed by atoms with Crippen LogP contribution in [-0.2, 0) is 22.3 Å². The average molecular weight is 424 g/mol. The monoisotopic (exact) mass is 424 g/mol. The van der Waals surface area contributed by atoms with Crippen molar-refractivity contribution in [3.8, 4) is 11.1 Å². The van der Waals surface area contributed by atoms with Gasteiger partial charge in [-0.1, -0.05) is 6.58 Å². The summed E-state index contributed by atoms with van der Waals surface area (Å²) in [5.41, 5.74) is -0.215. The number of allylic oxidation sites excluding steroid dienone is 1. The molecule has 6 nitrogen and oxygen atoms in total. The van der Waals surface area contributed by atoms with Gasteiger partial charge in [-0.2, -0.15) is 31.4 Å². The van der Waals surface area contributed by atoms with Crippen molar-refractivity contribution in [1.29, 1.82) is 0 Å². The van der Waals surface area contributed by atoms with Gasteiger partial charge >= 0.3 is 18.3 Å².